The molecule has 6 heteroatoms. The van der Waals surface area contributed by atoms with Gasteiger partial charge in [0.05, 0.1) is 28.2 Å². The van der Waals surface area contributed by atoms with E-state index in [0.29, 0.717) is 22.3 Å². The van der Waals surface area contributed by atoms with Crippen molar-refractivity contribution in [1.82, 2.24) is 14.5 Å². The molecule has 0 radical (unpaired) electrons. The SMILES string of the molecule is C[C@@H](c1ccccc1)N1CCn2c(nc3cc(NC(=O)c4ccccc4Cl)ccc32)C1. The molecule has 0 unspecified atom stereocenters. The molecule has 0 aliphatic carbocycles. The van der Waals surface area contributed by atoms with Crippen LogP contribution in [0.1, 0.15) is 34.7 Å². The highest BCUT2D eigenvalue weighted by molar-refractivity contribution is 6.34. The van der Waals surface area contributed by atoms with Gasteiger partial charge < -0.3 is 9.88 Å². The van der Waals surface area contributed by atoms with Crippen LogP contribution in [-0.4, -0.2) is 26.9 Å². The van der Waals surface area contributed by atoms with Crippen LogP contribution >= 0.6 is 11.6 Å². The Labute approximate surface area is 186 Å². The van der Waals surface area contributed by atoms with E-state index in [9.17, 15) is 4.79 Å². The van der Waals surface area contributed by atoms with E-state index in [1.807, 2.05) is 30.3 Å². The first-order valence-corrected chi connectivity index (χ1v) is 10.8. The minimum absolute atomic E-state index is 0.225. The summed E-state index contributed by atoms with van der Waals surface area (Å²) in [6.07, 6.45) is 0. The molecule has 4 aromatic rings. The maximum atomic E-state index is 12.6. The van der Waals surface area contributed by atoms with Crippen LogP contribution in [0.15, 0.2) is 72.8 Å². The predicted molar refractivity (Wildman–Crippen MR) is 124 cm³/mol. The number of nitrogens with one attached hydrogen (secondary N) is 1. The van der Waals surface area contributed by atoms with Crippen LogP contribution in [0.2, 0.25) is 5.02 Å². The fourth-order valence-electron chi connectivity index (χ4n) is 4.23. The molecule has 1 aliphatic rings. The van der Waals surface area contributed by atoms with Crippen LogP contribution in [0.5, 0.6) is 0 Å². The van der Waals surface area contributed by atoms with Crippen LogP contribution in [0.3, 0.4) is 0 Å². The average Bonchev–Trinajstić information content (AvgIpc) is 3.16. The van der Waals surface area contributed by atoms with E-state index >= 15 is 0 Å². The zero-order valence-corrected chi connectivity index (χ0v) is 18.0. The van der Waals surface area contributed by atoms with Gasteiger partial charge in [0.2, 0.25) is 0 Å². The van der Waals surface area contributed by atoms with Gasteiger partial charge in [-0.3, -0.25) is 9.69 Å². The zero-order chi connectivity index (χ0) is 21.4. The molecule has 156 valence electrons. The summed E-state index contributed by atoms with van der Waals surface area (Å²) in [5.74, 6) is 0.829. The monoisotopic (exact) mass is 430 g/mol. The lowest BCUT2D eigenvalue weighted by Gasteiger charge is -2.33. The topological polar surface area (TPSA) is 50.2 Å². The van der Waals surface area contributed by atoms with Gasteiger partial charge in [-0.15, -0.1) is 0 Å². The van der Waals surface area contributed by atoms with Gasteiger partial charge in [-0.1, -0.05) is 54.1 Å². The van der Waals surface area contributed by atoms with Crippen LogP contribution in [0.25, 0.3) is 11.0 Å². The van der Waals surface area contributed by atoms with Crippen molar-refractivity contribution in [3.05, 3.63) is 94.8 Å². The second kappa shape index (κ2) is 8.17. The first-order valence-electron chi connectivity index (χ1n) is 10.4. The summed E-state index contributed by atoms with van der Waals surface area (Å²) < 4.78 is 2.28. The predicted octanol–water partition coefficient (Wildman–Crippen LogP) is 5.52. The molecule has 0 fully saturated rings. The fourth-order valence-corrected chi connectivity index (χ4v) is 4.46. The lowest BCUT2D eigenvalue weighted by Crippen LogP contribution is -2.35. The number of anilines is 1. The Morgan fingerprint density at radius 1 is 1.03 bits per heavy atom. The molecule has 1 N–H and O–H groups in total. The van der Waals surface area contributed by atoms with E-state index < -0.39 is 0 Å². The minimum Gasteiger partial charge on any atom is -0.326 e. The van der Waals surface area contributed by atoms with Crippen LogP contribution in [0, 0.1) is 0 Å². The van der Waals surface area contributed by atoms with Crippen molar-refractivity contribution in [3.63, 3.8) is 0 Å². The van der Waals surface area contributed by atoms with Gasteiger partial charge >= 0.3 is 0 Å². The molecule has 5 nitrogen and oxygen atoms in total. The number of carbonyl (C=O) groups is 1. The molecular formula is C25H23ClN4O. The van der Waals surface area contributed by atoms with E-state index in [1.54, 1.807) is 18.2 Å². The van der Waals surface area contributed by atoms with Crippen molar-refractivity contribution in [3.8, 4) is 0 Å². The molecule has 1 amide bonds. The quantitative estimate of drug-likeness (QED) is 0.463. The number of benzene rings is 3. The number of hydrogen-bond donors (Lipinski definition) is 1. The number of fused-ring (bicyclic) bond motifs is 3. The van der Waals surface area contributed by atoms with Crippen molar-refractivity contribution in [2.45, 2.75) is 26.1 Å². The number of aromatic nitrogens is 2. The molecule has 2 heterocycles. The average molecular weight is 431 g/mol. The first-order chi connectivity index (χ1) is 15.1. The lowest BCUT2D eigenvalue weighted by atomic mass is 10.1. The Balaban J connectivity index is 1.38. The highest BCUT2D eigenvalue weighted by Crippen LogP contribution is 2.28. The molecule has 1 aliphatic heterocycles. The molecule has 0 saturated carbocycles. The largest absolute Gasteiger partial charge is 0.326 e. The van der Waals surface area contributed by atoms with Gasteiger partial charge in [0.25, 0.3) is 5.91 Å². The van der Waals surface area contributed by atoms with Crippen LogP contribution < -0.4 is 5.32 Å². The van der Waals surface area contributed by atoms with E-state index in [1.165, 1.54) is 5.56 Å². The fraction of sp³-hybridized carbons (Fsp3) is 0.200. The molecule has 0 saturated heterocycles. The summed E-state index contributed by atoms with van der Waals surface area (Å²) in [7, 11) is 0. The van der Waals surface area contributed by atoms with Crippen LogP contribution in [-0.2, 0) is 13.1 Å². The molecule has 0 bridgehead atoms. The van der Waals surface area contributed by atoms with E-state index in [2.05, 4.69) is 46.0 Å². The van der Waals surface area contributed by atoms with Gasteiger partial charge in [-0.25, -0.2) is 4.98 Å². The third-order valence-electron chi connectivity index (χ3n) is 5.99. The third kappa shape index (κ3) is 3.82. The van der Waals surface area contributed by atoms with Crippen LogP contribution in [0.4, 0.5) is 5.69 Å². The Kier molecular flexibility index (Phi) is 5.22. The summed E-state index contributed by atoms with van der Waals surface area (Å²) >= 11 is 6.15. The second-order valence-electron chi connectivity index (χ2n) is 7.87. The maximum Gasteiger partial charge on any atom is 0.257 e. The molecule has 5 rings (SSSR count). The molecule has 31 heavy (non-hydrogen) atoms. The second-order valence-corrected chi connectivity index (χ2v) is 8.28. The maximum absolute atomic E-state index is 12.6. The third-order valence-corrected chi connectivity index (χ3v) is 6.32. The lowest BCUT2D eigenvalue weighted by molar-refractivity contribution is 0.102. The normalized spacial score (nSPS) is 14.9. The minimum atomic E-state index is -0.225. The number of amides is 1. The number of carbonyl (C=O) groups excluding carboxylic acids is 1. The van der Waals surface area contributed by atoms with Gasteiger partial charge in [-0.2, -0.15) is 0 Å². The highest BCUT2D eigenvalue weighted by Gasteiger charge is 2.24. The summed E-state index contributed by atoms with van der Waals surface area (Å²) in [5, 5.41) is 3.37. The highest BCUT2D eigenvalue weighted by atomic mass is 35.5. The van der Waals surface area contributed by atoms with Gasteiger partial charge in [0, 0.05) is 24.8 Å². The Bertz CT molecular complexity index is 1250. The molecule has 0 spiro atoms. The number of rotatable bonds is 4. The van der Waals surface area contributed by atoms with Gasteiger partial charge in [-0.05, 0) is 42.8 Å². The molecule has 1 aromatic heterocycles. The zero-order valence-electron chi connectivity index (χ0n) is 17.3. The van der Waals surface area contributed by atoms with E-state index in [-0.39, 0.29) is 5.91 Å². The number of halogens is 1. The van der Waals surface area contributed by atoms with Crippen molar-refractivity contribution in [2.24, 2.45) is 0 Å². The van der Waals surface area contributed by atoms with Crippen molar-refractivity contribution < 1.29 is 4.79 Å². The first kappa shape index (κ1) is 19.8. The summed E-state index contributed by atoms with van der Waals surface area (Å²) in [4.78, 5) is 19.9. The van der Waals surface area contributed by atoms with Gasteiger partial charge in [0.15, 0.2) is 0 Å². The van der Waals surface area contributed by atoms with E-state index in [4.69, 9.17) is 16.6 Å². The van der Waals surface area contributed by atoms with Crippen molar-refractivity contribution >= 4 is 34.2 Å². The van der Waals surface area contributed by atoms with E-state index in [0.717, 1.165) is 36.5 Å². The molecule has 3 aromatic carbocycles. The Morgan fingerprint density at radius 3 is 2.61 bits per heavy atom. The van der Waals surface area contributed by atoms with Gasteiger partial charge in [0.1, 0.15) is 5.82 Å². The van der Waals surface area contributed by atoms with Crippen molar-refractivity contribution in [2.75, 3.05) is 11.9 Å². The standard InChI is InChI=1S/C25H23ClN4O/c1-17(18-7-3-2-4-8-18)29-13-14-30-23-12-11-19(15-22(23)28-24(30)16-29)27-25(31)20-9-5-6-10-21(20)26/h2-12,15,17H,13-14,16H2,1H3,(H,27,31)/t17-/m0/s1. The Hall–Kier alpha value is -3.15. The Morgan fingerprint density at radius 2 is 1.81 bits per heavy atom. The molecular weight excluding hydrogens is 408 g/mol. The number of hydrogen-bond acceptors (Lipinski definition) is 3. The number of nitrogens with zero attached hydrogens (tertiary/aromatic N) is 3. The summed E-state index contributed by atoms with van der Waals surface area (Å²) in [5.41, 5.74) is 4.47. The molecule has 1 atom stereocenters. The summed E-state index contributed by atoms with van der Waals surface area (Å²) in [6.45, 7) is 4.91. The number of imidazole rings is 1. The summed E-state index contributed by atoms with van der Waals surface area (Å²) in [6, 6.07) is 23.8. The smallest absolute Gasteiger partial charge is 0.257 e. The van der Waals surface area contributed by atoms with Crippen molar-refractivity contribution in [1.29, 1.82) is 0 Å².